The molecule has 0 aliphatic carbocycles. The summed E-state index contributed by atoms with van der Waals surface area (Å²) in [5.41, 5.74) is 1.22. The molecule has 1 N–H and O–H groups in total. The number of benzene rings is 1. The maximum atomic E-state index is 11.9. The zero-order chi connectivity index (χ0) is 12.4. The highest BCUT2D eigenvalue weighted by Gasteiger charge is 2.19. The third-order valence-electron chi connectivity index (χ3n) is 2.35. The van der Waals surface area contributed by atoms with Crippen LogP contribution in [0.1, 0.15) is 10.4 Å². The van der Waals surface area contributed by atoms with E-state index in [4.69, 9.17) is 13.9 Å². The second kappa shape index (κ2) is 4.52. The minimum atomic E-state index is -0.960. The number of rotatable bonds is 4. The van der Waals surface area contributed by atoms with E-state index in [1.165, 1.54) is 20.3 Å². The number of methoxy groups -OCH3 is 2. The van der Waals surface area contributed by atoms with Crippen molar-refractivity contribution in [3.8, 4) is 0 Å². The summed E-state index contributed by atoms with van der Waals surface area (Å²) in [5, 5.41) is 0. The Morgan fingerprint density at radius 1 is 1.35 bits per heavy atom. The first-order valence-electron chi connectivity index (χ1n) is 4.88. The van der Waals surface area contributed by atoms with Crippen LogP contribution in [0.5, 0.6) is 0 Å². The lowest BCUT2D eigenvalue weighted by Gasteiger charge is -2.11. The molecule has 2 rings (SSSR count). The number of aromatic nitrogens is 1. The van der Waals surface area contributed by atoms with Gasteiger partial charge in [-0.2, -0.15) is 0 Å². The van der Waals surface area contributed by atoms with Crippen molar-refractivity contribution < 1.29 is 18.7 Å². The monoisotopic (exact) mass is 237 g/mol. The Hall–Kier alpha value is -1.92. The molecule has 17 heavy (non-hydrogen) atoms. The van der Waals surface area contributed by atoms with Crippen LogP contribution in [0, 0.1) is 0 Å². The molecular weight excluding hydrogens is 226 g/mol. The van der Waals surface area contributed by atoms with Crippen LogP contribution in [0.4, 0.5) is 0 Å². The largest absolute Gasteiger partial charge is 0.417 e. The molecule has 0 amide bonds. The molecule has 0 saturated heterocycles. The Morgan fingerprint density at radius 2 is 2.06 bits per heavy atom. The number of hydrogen-bond donors (Lipinski definition) is 1. The summed E-state index contributed by atoms with van der Waals surface area (Å²) in [5.74, 6) is -0.889. The van der Waals surface area contributed by atoms with Crippen LogP contribution in [-0.2, 0) is 9.47 Å². The molecule has 6 heteroatoms. The highest BCUT2D eigenvalue weighted by Crippen LogP contribution is 2.14. The van der Waals surface area contributed by atoms with Gasteiger partial charge in [0.15, 0.2) is 5.58 Å². The van der Waals surface area contributed by atoms with Crippen molar-refractivity contribution in [2.24, 2.45) is 0 Å². The average Bonchev–Trinajstić information content (AvgIpc) is 2.69. The zero-order valence-electron chi connectivity index (χ0n) is 9.35. The average molecular weight is 237 g/mol. The van der Waals surface area contributed by atoms with Crippen LogP contribution in [0.2, 0.25) is 0 Å². The minimum absolute atomic E-state index is 0.326. The number of fused-ring (bicyclic) bond motifs is 1. The molecule has 0 aliphatic heterocycles. The van der Waals surface area contributed by atoms with E-state index < -0.39 is 12.0 Å². The molecule has 0 bridgehead atoms. The van der Waals surface area contributed by atoms with Gasteiger partial charge in [0.25, 0.3) is 0 Å². The number of H-pyrrole nitrogens is 1. The number of aromatic amines is 1. The lowest BCUT2D eigenvalue weighted by Crippen LogP contribution is -2.24. The highest BCUT2D eigenvalue weighted by atomic mass is 16.7. The van der Waals surface area contributed by atoms with Crippen molar-refractivity contribution in [3.05, 3.63) is 34.3 Å². The van der Waals surface area contributed by atoms with Gasteiger partial charge in [-0.05, 0) is 18.2 Å². The number of ether oxygens (including phenoxy) is 2. The number of hydrogen-bond acceptors (Lipinski definition) is 5. The number of carbonyl (C=O) groups is 1. The molecule has 2 aromatic rings. The molecule has 0 saturated carbocycles. The maximum Gasteiger partial charge on any atom is 0.417 e. The van der Waals surface area contributed by atoms with E-state index in [0.29, 0.717) is 16.7 Å². The SMILES string of the molecule is COC(OC)C(=O)c1ccc2[nH]c(=O)oc2c1. The Bertz CT molecular complexity index is 593. The second-order valence-corrected chi connectivity index (χ2v) is 3.39. The Labute approximate surface area is 96.1 Å². The van der Waals surface area contributed by atoms with E-state index in [0.717, 1.165) is 0 Å². The molecule has 0 unspecified atom stereocenters. The molecule has 1 aromatic heterocycles. The summed E-state index contributed by atoms with van der Waals surface area (Å²) in [6.45, 7) is 0. The van der Waals surface area contributed by atoms with Gasteiger partial charge in [0.1, 0.15) is 0 Å². The third-order valence-corrected chi connectivity index (χ3v) is 2.35. The first-order valence-corrected chi connectivity index (χ1v) is 4.88. The molecular formula is C11H11NO5. The van der Waals surface area contributed by atoms with E-state index in [9.17, 15) is 9.59 Å². The molecule has 0 aliphatic rings. The van der Waals surface area contributed by atoms with Gasteiger partial charge in [0, 0.05) is 19.8 Å². The van der Waals surface area contributed by atoms with Crippen LogP contribution in [0.3, 0.4) is 0 Å². The van der Waals surface area contributed by atoms with Crippen molar-refractivity contribution in [1.29, 1.82) is 0 Å². The summed E-state index contributed by atoms with van der Waals surface area (Å²) in [7, 11) is 2.75. The lowest BCUT2D eigenvalue weighted by molar-refractivity contribution is -0.0742. The van der Waals surface area contributed by atoms with E-state index in [-0.39, 0.29) is 5.78 Å². The fourth-order valence-electron chi connectivity index (χ4n) is 1.55. The zero-order valence-corrected chi connectivity index (χ0v) is 9.35. The number of ketones is 1. The fraction of sp³-hybridized carbons (Fsp3) is 0.273. The van der Waals surface area contributed by atoms with Crippen LogP contribution in [0.25, 0.3) is 11.1 Å². The van der Waals surface area contributed by atoms with Crippen molar-refractivity contribution in [2.75, 3.05) is 14.2 Å². The van der Waals surface area contributed by atoms with E-state index in [1.807, 2.05) is 0 Å². The number of oxazole rings is 1. The lowest BCUT2D eigenvalue weighted by atomic mass is 10.1. The standard InChI is InChI=1S/C11H11NO5/c1-15-10(16-2)9(13)6-3-4-7-8(5-6)17-11(14)12-7/h3-5,10H,1-2H3,(H,12,14). The molecule has 0 fully saturated rings. The van der Waals surface area contributed by atoms with E-state index >= 15 is 0 Å². The van der Waals surface area contributed by atoms with Gasteiger partial charge in [-0.3, -0.25) is 9.78 Å². The topological polar surface area (TPSA) is 81.5 Å². The highest BCUT2D eigenvalue weighted by molar-refractivity contribution is 6.00. The molecule has 1 aromatic carbocycles. The minimum Gasteiger partial charge on any atom is -0.408 e. The van der Waals surface area contributed by atoms with Gasteiger partial charge in [0.05, 0.1) is 5.52 Å². The Kier molecular flexibility index (Phi) is 3.08. The smallest absolute Gasteiger partial charge is 0.408 e. The number of carbonyl (C=O) groups excluding carboxylic acids is 1. The summed E-state index contributed by atoms with van der Waals surface area (Å²) < 4.78 is 14.6. The maximum absolute atomic E-state index is 11.9. The molecule has 1 heterocycles. The number of nitrogens with one attached hydrogen (secondary N) is 1. The molecule has 0 atom stereocenters. The van der Waals surface area contributed by atoms with Gasteiger partial charge in [-0.25, -0.2) is 4.79 Å². The normalized spacial score (nSPS) is 11.2. The van der Waals surface area contributed by atoms with Crippen LogP contribution in [0.15, 0.2) is 27.4 Å². The van der Waals surface area contributed by atoms with Gasteiger partial charge in [0.2, 0.25) is 12.1 Å². The van der Waals surface area contributed by atoms with Crippen molar-refractivity contribution in [1.82, 2.24) is 4.98 Å². The second-order valence-electron chi connectivity index (χ2n) is 3.39. The van der Waals surface area contributed by atoms with Gasteiger partial charge < -0.3 is 13.9 Å². The van der Waals surface area contributed by atoms with Crippen LogP contribution in [-0.4, -0.2) is 31.3 Å². The molecule has 90 valence electrons. The van der Waals surface area contributed by atoms with Gasteiger partial charge >= 0.3 is 5.76 Å². The van der Waals surface area contributed by atoms with E-state index in [2.05, 4.69) is 4.98 Å². The fourth-order valence-corrected chi connectivity index (χ4v) is 1.55. The molecule has 6 nitrogen and oxygen atoms in total. The first-order chi connectivity index (χ1) is 8.15. The Balaban J connectivity index is 2.42. The molecule has 0 spiro atoms. The quantitative estimate of drug-likeness (QED) is 0.631. The summed E-state index contributed by atoms with van der Waals surface area (Å²) in [6, 6.07) is 4.64. The van der Waals surface area contributed by atoms with E-state index in [1.54, 1.807) is 12.1 Å². The van der Waals surface area contributed by atoms with Crippen molar-refractivity contribution >= 4 is 16.9 Å². The summed E-state index contributed by atoms with van der Waals surface area (Å²) in [6.07, 6.45) is -0.960. The first kappa shape index (κ1) is 11.6. The predicted molar refractivity (Wildman–Crippen MR) is 59.0 cm³/mol. The number of Topliss-reactive ketones (excluding diaryl/α,β-unsaturated/α-hetero) is 1. The van der Waals surface area contributed by atoms with Crippen molar-refractivity contribution in [2.45, 2.75) is 6.29 Å². The predicted octanol–water partition coefficient (Wildman–Crippen LogP) is 0.923. The summed E-state index contributed by atoms with van der Waals surface area (Å²) in [4.78, 5) is 25.3. The van der Waals surface area contributed by atoms with Crippen molar-refractivity contribution in [3.63, 3.8) is 0 Å². The summed E-state index contributed by atoms with van der Waals surface area (Å²) >= 11 is 0. The molecule has 0 radical (unpaired) electrons. The van der Waals surface area contributed by atoms with Crippen LogP contribution >= 0.6 is 0 Å². The van der Waals surface area contributed by atoms with Gasteiger partial charge in [-0.1, -0.05) is 0 Å². The third kappa shape index (κ3) is 2.13. The van der Waals surface area contributed by atoms with Gasteiger partial charge in [-0.15, -0.1) is 0 Å². The van der Waals surface area contributed by atoms with Crippen LogP contribution < -0.4 is 5.76 Å². The Morgan fingerprint density at radius 3 is 2.71 bits per heavy atom.